The van der Waals surface area contributed by atoms with Crippen LogP contribution in [-0.2, 0) is 17.8 Å². The van der Waals surface area contributed by atoms with E-state index in [1.807, 2.05) is 4.90 Å². The zero-order valence-corrected chi connectivity index (χ0v) is 18.9. The number of hydrogen-bond acceptors (Lipinski definition) is 3. The molecule has 0 aromatic carbocycles. The maximum Gasteiger partial charge on any atom is 0.242 e. The second-order valence-corrected chi connectivity index (χ2v) is 8.86. The van der Waals surface area contributed by atoms with Gasteiger partial charge in [-0.3, -0.25) is 9.79 Å². The number of fused-ring (bicyclic) bond motifs is 1. The Bertz CT molecular complexity index is 668. The number of likely N-dealkylation sites (tertiary alicyclic amines) is 1. The van der Waals surface area contributed by atoms with Gasteiger partial charge in [0.25, 0.3) is 0 Å². The molecule has 3 rings (SSSR count). The molecule has 1 saturated heterocycles. The van der Waals surface area contributed by atoms with Gasteiger partial charge in [0, 0.05) is 42.5 Å². The highest BCUT2D eigenvalue weighted by atomic mass is 127. The second-order valence-electron chi connectivity index (χ2n) is 7.86. The van der Waals surface area contributed by atoms with Gasteiger partial charge in [-0.1, -0.05) is 13.8 Å². The second kappa shape index (κ2) is 7.42. The van der Waals surface area contributed by atoms with Crippen molar-refractivity contribution in [3.05, 3.63) is 21.9 Å². The Hall–Kier alpha value is -0.830. The number of halogens is 1. The van der Waals surface area contributed by atoms with Gasteiger partial charge < -0.3 is 15.1 Å². The highest BCUT2D eigenvalue weighted by Crippen LogP contribution is 2.46. The van der Waals surface area contributed by atoms with Crippen LogP contribution in [0.4, 0.5) is 0 Å². The first-order valence-electron chi connectivity index (χ1n) is 8.57. The highest BCUT2D eigenvalue weighted by molar-refractivity contribution is 14.0. The maximum atomic E-state index is 12.6. The van der Waals surface area contributed by atoms with Crippen molar-refractivity contribution in [3.63, 3.8) is 0 Å². The van der Waals surface area contributed by atoms with Gasteiger partial charge in [0.05, 0.1) is 6.54 Å². The molecule has 0 radical (unpaired) electrons. The summed E-state index contributed by atoms with van der Waals surface area (Å²) in [5.41, 5.74) is 1.58. The van der Waals surface area contributed by atoms with Crippen molar-refractivity contribution in [3.8, 4) is 0 Å². The van der Waals surface area contributed by atoms with Gasteiger partial charge in [-0.15, -0.1) is 35.3 Å². The van der Waals surface area contributed by atoms with Crippen molar-refractivity contribution in [1.82, 2.24) is 15.1 Å². The summed E-state index contributed by atoms with van der Waals surface area (Å²) in [5, 5.41) is 5.38. The normalized spacial score (nSPS) is 21.1. The number of hydrogen-bond donors (Lipinski definition) is 1. The van der Waals surface area contributed by atoms with E-state index in [2.05, 4.69) is 54.4 Å². The van der Waals surface area contributed by atoms with E-state index >= 15 is 0 Å². The Kier molecular flexibility index (Phi) is 6.08. The lowest BCUT2D eigenvalue weighted by atomic mass is 9.65. The minimum Gasteiger partial charge on any atom is -0.347 e. The van der Waals surface area contributed by atoms with E-state index in [0.717, 1.165) is 32.0 Å². The van der Waals surface area contributed by atoms with Crippen molar-refractivity contribution < 1.29 is 4.79 Å². The molecule has 5 nitrogen and oxygen atoms in total. The molecule has 1 amide bonds. The average Bonchev–Trinajstić information content (AvgIpc) is 3.01. The number of carbonyl (C=O) groups is 1. The summed E-state index contributed by atoms with van der Waals surface area (Å²) in [6.07, 6.45) is 0.973. The third-order valence-corrected chi connectivity index (χ3v) is 6.93. The summed E-state index contributed by atoms with van der Waals surface area (Å²) in [6.45, 7) is 11.8. The van der Waals surface area contributed by atoms with Crippen LogP contribution in [0.3, 0.4) is 0 Å². The van der Waals surface area contributed by atoms with Crippen LogP contribution in [0.2, 0.25) is 0 Å². The van der Waals surface area contributed by atoms with Crippen LogP contribution in [-0.4, -0.2) is 53.9 Å². The Morgan fingerprint density at radius 1 is 1.36 bits per heavy atom. The molecule has 3 heterocycles. The molecule has 140 valence electrons. The topological polar surface area (TPSA) is 47.9 Å². The summed E-state index contributed by atoms with van der Waals surface area (Å²) < 4.78 is 0. The maximum absolute atomic E-state index is 12.6. The molecular weight excluding hydrogens is 447 g/mol. The van der Waals surface area contributed by atoms with E-state index in [0.29, 0.717) is 6.54 Å². The summed E-state index contributed by atoms with van der Waals surface area (Å²) in [6, 6.07) is 2.14. The smallest absolute Gasteiger partial charge is 0.242 e. The minimum atomic E-state index is 0. The van der Waals surface area contributed by atoms with E-state index in [1.165, 1.54) is 10.4 Å². The molecule has 0 aliphatic carbocycles. The molecule has 0 atom stereocenters. The Morgan fingerprint density at radius 3 is 2.68 bits per heavy atom. The minimum absolute atomic E-state index is 0. The van der Waals surface area contributed by atoms with Crippen molar-refractivity contribution in [2.24, 2.45) is 10.4 Å². The fraction of sp³-hybridized carbons (Fsp3) is 0.667. The molecule has 2 aliphatic heterocycles. The molecule has 1 aromatic rings. The number of nitrogens with zero attached hydrogens (tertiary/aromatic N) is 3. The fourth-order valence-electron chi connectivity index (χ4n) is 3.42. The zero-order chi connectivity index (χ0) is 17.5. The average molecular weight is 476 g/mol. The van der Waals surface area contributed by atoms with Gasteiger partial charge in [-0.05, 0) is 37.3 Å². The standard InChI is InChI=1S/C18H28N4OS.HI/c1-17(2)12-22(18(17,3)4)16(19-5)20-10-15(23)21-8-6-14-13(11-21)7-9-24-14;/h7,9H,6,8,10-12H2,1-5H3,(H,19,20);1H. The number of aliphatic imine (C=N–C) groups is 1. The fourth-order valence-corrected chi connectivity index (χ4v) is 4.31. The van der Waals surface area contributed by atoms with Gasteiger partial charge in [-0.25, -0.2) is 0 Å². The number of rotatable bonds is 2. The Morgan fingerprint density at radius 2 is 2.08 bits per heavy atom. The molecule has 0 unspecified atom stereocenters. The van der Waals surface area contributed by atoms with E-state index in [-0.39, 0.29) is 40.8 Å². The first-order chi connectivity index (χ1) is 11.3. The summed E-state index contributed by atoms with van der Waals surface area (Å²) in [4.78, 5) is 22.6. The van der Waals surface area contributed by atoms with Crippen LogP contribution in [0.1, 0.15) is 38.1 Å². The lowest BCUT2D eigenvalue weighted by molar-refractivity contribution is -0.131. The predicted octanol–water partition coefficient (Wildman–Crippen LogP) is 2.95. The molecule has 1 fully saturated rings. The van der Waals surface area contributed by atoms with E-state index in [4.69, 9.17) is 0 Å². The molecule has 0 spiro atoms. The van der Waals surface area contributed by atoms with E-state index < -0.39 is 0 Å². The first-order valence-corrected chi connectivity index (χ1v) is 9.45. The first kappa shape index (κ1) is 20.5. The van der Waals surface area contributed by atoms with Gasteiger partial charge >= 0.3 is 0 Å². The third-order valence-electron chi connectivity index (χ3n) is 5.91. The SMILES string of the molecule is CN=C(NCC(=O)N1CCc2sccc2C1)N1CC(C)(C)C1(C)C.I. The van der Waals surface area contributed by atoms with Gasteiger partial charge in [-0.2, -0.15) is 0 Å². The predicted molar refractivity (Wildman–Crippen MR) is 115 cm³/mol. The van der Waals surface area contributed by atoms with Crippen LogP contribution in [0.5, 0.6) is 0 Å². The summed E-state index contributed by atoms with van der Waals surface area (Å²) in [5.74, 6) is 0.964. The molecule has 7 heteroatoms. The van der Waals surface area contributed by atoms with Gasteiger partial charge in [0.2, 0.25) is 5.91 Å². The molecule has 1 aromatic heterocycles. The zero-order valence-electron chi connectivity index (χ0n) is 15.8. The Labute approximate surface area is 171 Å². The van der Waals surface area contributed by atoms with Crippen molar-refractivity contribution in [1.29, 1.82) is 0 Å². The number of nitrogens with one attached hydrogen (secondary N) is 1. The molecule has 1 N–H and O–H groups in total. The molecule has 0 saturated carbocycles. The van der Waals surface area contributed by atoms with Crippen LogP contribution < -0.4 is 5.32 Å². The lowest BCUT2D eigenvalue weighted by Gasteiger charge is -2.62. The number of guanidine groups is 1. The summed E-state index contributed by atoms with van der Waals surface area (Å²) in [7, 11) is 1.78. The van der Waals surface area contributed by atoms with Crippen LogP contribution in [0, 0.1) is 5.41 Å². The molecular formula is C18H29IN4OS. The van der Waals surface area contributed by atoms with Crippen molar-refractivity contribution >= 4 is 47.2 Å². The van der Waals surface area contributed by atoms with E-state index in [9.17, 15) is 4.79 Å². The lowest BCUT2D eigenvalue weighted by Crippen LogP contribution is -2.72. The molecule has 2 aliphatic rings. The highest BCUT2D eigenvalue weighted by Gasteiger charge is 2.53. The quantitative estimate of drug-likeness (QED) is 0.406. The largest absolute Gasteiger partial charge is 0.347 e. The number of amides is 1. The summed E-state index contributed by atoms with van der Waals surface area (Å²) >= 11 is 1.80. The van der Waals surface area contributed by atoms with Gasteiger partial charge in [0.1, 0.15) is 0 Å². The van der Waals surface area contributed by atoms with Crippen molar-refractivity contribution in [2.75, 3.05) is 26.7 Å². The van der Waals surface area contributed by atoms with Crippen LogP contribution >= 0.6 is 35.3 Å². The monoisotopic (exact) mass is 476 g/mol. The third kappa shape index (κ3) is 3.67. The Balaban J connectivity index is 0.00000225. The van der Waals surface area contributed by atoms with Gasteiger partial charge in [0.15, 0.2) is 5.96 Å². The van der Waals surface area contributed by atoms with E-state index in [1.54, 1.807) is 18.4 Å². The molecule has 0 bridgehead atoms. The number of thiophene rings is 1. The van der Waals surface area contributed by atoms with Crippen molar-refractivity contribution in [2.45, 2.75) is 46.2 Å². The number of carbonyl (C=O) groups excluding carboxylic acids is 1. The van der Waals surface area contributed by atoms with Crippen LogP contribution in [0.25, 0.3) is 0 Å². The molecule has 25 heavy (non-hydrogen) atoms. The van der Waals surface area contributed by atoms with Crippen LogP contribution in [0.15, 0.2) is 16.4 Å².